The van der Waals surface area contributed by atoms with E-state index in [0.717, 1.165) is 31.7 Å². The fourth-order valence-corrected chi connectivity index (χ4v) is 2.57. The zero-order valence-electron chi connectivity index (χ0n) is 10.9. The van der Waals surface area contributed by atoms with E-state index in [2.05, 4.69) is 24.1 Å². The number of hydrogen-bond donors (Lipinski definition) is 1. The van der Waals surface area contributed by atoms with Crippen LogP contribution in [0.25, 0.3) is 0 Å². The fraction of sp³-hybridized carbons (Fsp3) is 0.571. The highest BCUT2D eigenvalue weighted by molar-refractivity contribution is 6.30. The summed E-state index contributed by atoms with van der Waals surface area (Å²) >= 11 is 5.89. The summed E-state index contributed by atoms with van der Waals surface area (Å²) in [5.41, 5.74) is 0.895. The molecule has 0 amide bonds. The third-order valence-electron chi connectivity index (χ3n) is 3.31. The molecule has 100 valence electrons. The highest BCUT2D eigenvalue weighted by Crippen LogP contribution is 2.27. The van der Waals surface area contributed by atoms with Gasteiger partial charge in [0, 0.05) is 29.8 Å². The quantitative estimate of drug-likeness (QED) is 0.903. The van der Waals surface area contributed by atoms with Gasteiger partial charge in [0.15, 0.2) is 0 Å². The SMILES string of the molecule is CC(C)NCC1CCN(c2cc(F)cc(Cl)c2)C1. The maximum Gasteiger partial charge on any atom is 0.126 e. The lowest BCUT2D eigenvalue weighted by Crippen LogP contribution is -2.30. The third-order valence-corrected chi connectivity index (χ3v) is 3.53. The minimum Gasteiger partial charge on any atom is -0.371 e. The second-order valence-corrected chi connectivity index (χ2v) is 5.73. The Morgan fingerprint density at radius 1 is 1.44 bits per heavy atom. The van der Waals surface area contributed by atoms with Crippen LogP contribution in [-0.2, 0) is 0 Å². The summed E-state index contributed by atoms with van der Waals surface area (Å²) in [5.74, 6) is 0.371. The van der Waals surface area contributed by atoms with Crippen molar-refractivity contribution in [1.82, 2.24) is 5.32 Å². The molecule has 1 heterocycles. The van der Waals surface area contributed by atoms with Gasteiger partial charge in [0.05, 0.1) is 0 Å². The largest absolute Gasteiger partial charge is 0.371 e. The van der Waals surface area contributed by atoms with Gasteiger partial charge < -0.3 is 10.2 Å². The number of nitrogens with one attached hydrogen (secondary N) is 1. The molecule has 0 bridgehead atoms. The molecule has 1 atom stereocenters. The summed E-state index contributed by atoms with van der Waals surface area (Å²) in [6.07, 6.45) is 1.15. The first-order valence-electron chi connectivity index (χ1n) is 6.49. The van der Waals surface area contributed by atoms with Gasteiger partial charge in [-0.2, -0.15) is 0 Å². The van der Waals surface area contributed by atoms with Gasteiger partial charge in [0.25, 0.3) is 0 Å². The Labute approximate surface area is 113 Å². The predicted octanol–water partition coefficient (Wildman–Crippen LogP) is 3.30. The molecular formula is C14H20ClFN2. The van der Waals surface area contributed by atoms with Crippen LogP contribution in [-0.4, -0.2) is 25.7 Å². The van der Waals surface area contributed by atoms with Crippen molar-refractivity contribution in [1.29, 1.82) is 0 Å². The van der Waals surface area contributed by atoms with Crippen LogP contribution < -0.4 is 10.2 Å². The molecule has 1 aromatic carbocycles. The zero-order chi connectivity index (χ0) is 13.1. The van der Waals surface area contributed by atoms with E-state index in [1.807, 2.05) is 6.07 Å². The molecule has 0 radical (unpaired) electrons. The molecule has 1 aromatic rings. The minimum atomic E-state index is -0.263. The first kappa shape index (κ1) is 13.6. The molecule has 0 aromatic heterocycles. The summed E-state index contributed by atoms with van der Waals surface area (Å²) in [6.45, 7) is 7.28. The van der Waals surface area contributed by atoms with Gasteiger partial charge in [0.2, 0.25) is 0 Å². The topological polar surface area (TPSA) is 15.3 Å². The van der Waals surface area contributed by atoms with E-state index in [9.17, 15) is 4.39 Å². The van der Waals surface area contributed by atoms with Gasteiger partial charge in [-0.05, 0) is 37.1 Å². The van der Waals surface area contributed by atoms with Gasteiger partial charge in [-0.1, -0.05) is 25.4 Å². The summed E-state index contributed by atoms with van der Waals surface area (Å²) in [4.78, 5) is 2.21. The maximum absolute atomic E-state index is 13.3. The Balaban J connectivity index is 1.95. The van der Waals surface area contributed by atoms with Crippen molar-refractivity contribution in [3.05, 3.63) is 29.0 Å². The van der Waals surface area contributed by atoms with Crippen molar-refractivity contribution in [3.8, 4) is 0 Å². The highest BCUT2D eigenvalue weighted by Gasteiger charge is 2.23. The Hall–Kier alpha value is -0.800. The molecule has 0 spiro atoms. The Morgan fingerprint density at radius 3 is 2.89 bits per heavy atom. The molecule has 2 rings (SSSR count). The van der Waals surface area contributed by atoms with Crippen molar-refractivity contribution in [2.45, 2.75) is 26.3 Å². The lowest BCUT2D eigenvalue weighted by Gasteiger charge is -2.19. The van der Waals surface area contributed by atoms with Crippen LogP contribution in [0.3, 0.4) is 0 Å². The van der Waals surface area contributed by atoms with Crippen molar-refractivity contribution in [2.24, 2.45) is 5.92 Å². The second-order valence-electron chi connectivity index (χ2n) is 5.29. The number of halogens is 2. The van der Waals surface area contributed by atoms with Crippen LogP contribution in [0.15, 0.2) is 18.2 Å². The lowest BCUT2D eigenvalue weighted by molar-refractivity contribution is 0.480. The molecule has 1 saturated heterocycles. The first-order chi connectivity index (χ1) is 8.54. The maximum atomic E-state index is 13.3. The molecule has 1 fully saturated rings. The summed E-state index contributed by atoms with van der Waals surface area (Å²) < 4.78 is 13.3. The highest BCUT2D eigenvalue weighted by atomic mass is 35.5. The number of benzene rings is 1. The van der Waals surface area contributed by atoms with E-state index >= 15 is 0 Å². The van der Waals surface area contributed by atoms with E-state index < -0.39 is 0 Å². The average molecular weight is 271 g/mol. The van der Waals surface area contributed by atoms with Crippen molar-refractivity contribution >= 4 is 17.3 Å². The normalized spacial score (nSPS) is 19.8. The van der Waals surface area contributed by atoms with E-state index in [4.69, 9.17) is 11.6 Å². The van der Waals surface area contributed by atoms with Gasteiger partial charge in [-0.3, -0.25) is 0 Å². The van der Waals surface area contributed by atoms with Gasteiger partial charge in [-0.25, -0.2) is 4.39 Å². The number of anilines is 1. The average Bonchev–Trinajstić information content (AvgIpc) is 2.73. The Bertz CT molecular complexity index is 389. The number of rotatable bonds is 4. The lowest BCUT2D eigenvalue weighted by atomic mass is 10.1. The summed E-state index contributed by atoms with van der Waals surface area (Å²) in [5, 5.41) is 3.92. The van der Waals surface area contributed by atoms with E-state index in [1.54, 1.807) is 6.07 Å². The van der Waals surface area contributed by atoms with Crippen LogP contribution >= 0.6 is 11.6 Å². The molecule has 1 aliphatic heterocycles. The molecule has 0 aliphatic carbocycles. The molecule has 18 heavy (non-hydrogen) atoms. The predicted molar refractivity (Wildman–Crippen MR) is 74.9 cm³/mol. The third kappa shape index (κ3) is 3.59. The Morgan fingerprint density at radius 2 is 2.22 bits per heavy atom. The van der Waals surface area contributed by atoms with Crippen molar-refractivity contribution in [2.75, 3.05) is 24.5 Å². The van der Waals surface area contributed by atoms with Crippen LogP contribution in [0.5, 0.6) is 0 Å². The van der Waals surface area contributed by atoms with Crippen LogP contribution in [0.2, 0.25) is 5.02 Å². The number of hydrogen-bond acceptors (Lipinski definition) is 2. The van der Waals surface area contributed by atoms with Crippen molar-refractivity contribution in [3.63, 3.8) is 0 Å². The van der Waals surface area contributed by atoms with Crippen LogP contribution in [0, 0.1) is 11.7 Å². The van der Waals surface area contributed by atoms with E-state index in [-0.39, 0.29) is 5.82 Å². The van der Waals surface area contributed by atoms with Crippen LogP contribution in [0.4, 0.5) is 10.1 Å². The van der Waals surface area contributed by atoms with Crippen LogP contribution in [0.1, 0.15) is 20.3 Å². The molecular weight excluding hydrogens is 251 g/mol. The Kier molecular flexibility index (Phi) is 4.46. The van der Waals surface area contributed by atoms with Gasteiger partial charge in [0.1, 0.15) is 5.82 Å². The van der Waals surface area contributed by atoms with Crippen molar-refractivity contribution < 1.29 is 4.39 Å². The minimum absolute atomic E-state index is 0.263. The molecule has 0 saturated carbocycles. The summed E-state index contributed by atoms with van der Waals surface area (Å²) in [7, 11) is 0. The second kappa shape index (κ2) is 5.89. The molecule has 1 unspecified atom stereocenters. The fourth-order valence-electron chi connectivity index (χ4n) is 2.36. The van der Waals surface area contributed by atoms with Gasteiger partial charge >= 0.3 is 0 Å². The van der Waals surface area contributed by atoms with E-state index in [1.165, 1.54) is 6.07 Å². The molecule has 1 N–H and O–H groups in total. The number of nitrogens with zero attached hydrogens (tertiary/aromatic N) is 1. The molecule has 2 nitrogen and oxygen atoms in total. The molecule has 1 aliphatic rings. The summed E-state index contributed by atoms with van der Waals surface area (Å²) in [6, 6.07) is 5.26. The monoisotopic (exact) mass is 270 g/mol. The van der Waals surface area contributed by atoms with E-state index in [0.29, 0.717) is 17.0 Å². The standard InChI is InChI=1S/C14H20ClFN2/c1-10(2)17-8-11-3-4-18(9-11)14-6-12(15)5-13(16)7-14/h5-7,10-11,17H,3-4,8-9H2,1-2H3. The smallest absolute Gasteiger partial charge is 0.126 e. The molecule has 4 heteroatoms. The van der Waals surface area contributed by atoms with Gasteiger partial charge in [-0.15, -0.1) is 0 Å². The first-order valence-corrected chi connectivity index (χ1v) is 6.87. The zero-order valence-corrected chi connectivity index (χ0v) is 11.7.